The van der Waals surface area contributed by atoms with Crippen LogP contribution in [-0.2, 0) is 10.0 Å². The van der Waals surface area contributed by atoms with E-state index in [1.54, 1.807) is 6.92 Å². The Hall–Kier alpha value is -1.71. The number of halogens is 1. The molecular formula is C10H8ClN3O4S2. The molecule has 2 rings (SSSR count). The van der Waals surface area contributed by atoms with Gasteiger partial charge in [-0.1, -0.05) is 11.6 Å². The lowest BCUT2D eigenvalue weighted by Crippen LogP contribution is -2.15. The first-order valence-corrected chi connectivity index (χ1v) is 7.87. The van der Waals surface area contributed by atoms with Crippen molar-refractivity contribution in [1.29, 1.82) is 0 Å². The zero-order valence-electron chi connectivity index (χ0n) is 9.99. The van der Waals surface area contributed by atoms with Crippen LogP contribution in [0.5, 0.6) is 0 Å². The number of carbonyl (C=O) groups is 1. The van der Waals surface area contributed by atoms with Gasteiger partial charge in [-0.05, 0) is 18.6 Å². The highest BCUT2D eigenvalue weighted by Gasteiger charge is 2.25. The molecule has 0 fully saturated rings. The minimum atomic E-state index is -4.03. The minimum absolute atomic E-state index is 0.191. The van der Waals surface area contributed by atoms with Crippen molar-refractivity contribution in [3.8, 4) is 0 Å². The summed E-state index contributed by atoms with van der Waals surface area (Å²) in [6, 6.07) is 1.49. The van der Waals surface area contributed by atoms with Crippen molar-refractivity contribution in [3.05, 3.63) is 34.2 Å². The summed E-state index contributed by atoms with van der Waals surface area (Å²) >= 11 is 6.47. The van der Waals surface area contributed by atoms with E-state index in [9.17, 15) is 13.2 Å². The topological polar surface area (TPSA) is 109 Å². The number of sulfonamides is 1. The van der Waals surface area contributed by atoms with Crippen LogP contribution < -0.4 is 4.72 Å². The van der Waals surface area contributed by atoms with E-state index in [1.807, 2.05) is 0 Å². The van der Waals surface area contributed by atoms with E-state index >= 15 is 0 Å². The van der Waals surface area contributed by atoms with Crippen molar-refractivity contribution in [2.24, 2.45) is 0 Å². The van der Waals surface area contributed by atoms with Crippen molar-refractivity contribution in [3.63, 3.8) is 0 Å². The van der Waals surface area contributed by atoms with Gasteiger partial charge in [0.1, 0.15) is 5.15 Å². The van der Waals surface area contributed by atoms with Gasteiger partial charge in [0.15, 0.2) is 9.90 Å². The second-order valence-corrected chi connectivity index (χ2v) is 6.82. The van der Waals surface area contributed by atoms with Gasteiger partial charge in [0.2, 0.25) is 0 Å². The number of aromatic nitrogens is 2. The minimum Gasteiger partial charge on any atom is -0.476 e. The second kappa shape index (κ2) is 5.35. The average molecular weight is 334 g/mol. The van der Waals surface area contributed by atoms with E-state index in [0.29, 0.717) is 5.56 Å². The standard InChI is InChI=1S/C10H8ClN3O4S2/c1-5-2-6(3-12-8(5)11)14-20(17,18)10-7(9(15)16)13-4-19-10/h2-4,14H,1H3,(H,15,16). The lowest BCUT2D eigenvalue weighted by atomic mass is 10.3. The monoisotopic (exact) mass is 333 g/mol. The van der Waals surface area contributed by atoms with Crippen molar-refractivity contribution < 1.29 is 18.3 Å². The fraction of sp³-hybridized carbons (Fsp3) is 0.100. The Morgan fingerprint density at radius 3 is 2.75 bits per heavy atom. The molecule has 0 bridgehead atoms. The molecule has 2 aromatic rings. The number of carboxylic acids is 1. The molecule has 0 radical (unpaired) electrons. The average Bonchev–Trinajstić information content (AvgIpc) is 2.83. The largest absolute Gasteiger partial charge is 0.476 e. The number of anilines is 1. The Morgan fingerprint density at radius 2 is 2.15 bits per heavy atom. The van der Waals surface area contributed by atoms with Crippen molar-refractivity contribution in [2.45, 2.75) is 11.1 Å². The third kappa shape index (κ3) is 2.89. The Labute approximate surface area is 123 Å². The molecular weight excluding hydrogens is 326 g/mol. The molecule has 0 saturated carbocycles. The van der Waals surface area contributed by atoms with Crippen LogP contribution in [0.25, 0.3) is 0 Å². The van der Waals surface area contributed by atoms with Crippen LogP contribution in [0.1, 0.15) is 16.1 Å². The van der Waals surface area contributed by atoms with Crippen LogP contribution in [0.3, 0.4) is 0 Å². The highest BCUT2D eigenvalue weighted by atomic mass is 35.5. The Morgan fingerprint density at radius 1 is 1.45 bits per heavy atom. The molecule has 2 aromatic heterocycles. The summed E-state index contributed by atoms with van der Waals surface area (Å²) in [5.41, 5.74) is 1.43. The first kappa shape index (κ1) is 14.7. The molecule has 0 atom stereocenters. The number of hydrogen-bond donors (Lipinski definition) is 2. The van der Waals surface area contributed by atoms with Gasteiger partial charge >= 0.3 is 5.97 Å². The molecule has 0 aliphatic heterocycles. The number of hydrogen-bond acceptors (Lipinski definition) is 6. The molecule has 10 heteroatoms. The normalized spacial score (nSPS) is 11.3. The quantitative estimate of drug-likeness (QED) is 0.828. The predicted molar refractivity (Wildman–Crippen MR) is 73.9 cm³/mol. The van der Waals surface area contributed by atoms with E-state index in [1.165, 1.54) is 12.3 Å². The van der Waals surface area contributed by atoms with E-state index < -0.39 is 21.7 Å². The van der Waals surface area contributed by atoms with Gasteiger partial charge in [-0.15, -0.1) is 11.3 Å². The molecule has 2 heterocycles. The van der Waals surface area contributed by atoms with Crippen LogP contribution in [-0.4, -0.2) is 29.5 Å². The number of aryl methyl sites for hydroxylation is 1. The molecule has 0 aromatic carbocycles. The van der Waals surface area contributed by atoms with E-state index in [-0.39, 0.29) is 15.0 Å². The van der Waals surface area contributed by atoms with Gasteiger partial charge in [0, 0.05) is 0 Å². The van der Waals surface area contributed by atoms with E-state index in [2.05, 4.69) is 14.7 Å². The Balaban J connectivity index is 2.38. The van der Waals surface area contributed by atoms with Crippen molar-refractivity contribution >= 4 is 44.6 Å². The zero-order valence-corrected chi connectivity index (χ0v) is 12.4. The predicted octanol–water partition coefficient (Wildman–Crippen LogP) is 2.00. The summed E-state index contributed by atoms with van der Waals surface area (Å²) in [7, 11) is -4.03. The van der Waals surface area contributed by atoms with Gasteiger partial charge in [0.25, 0.3) is 10.0 Å². The number of carboxylic acid groups (broad SMARTS) is 1. The Bertz CT molecular complexity index is 773. The number of nitrogens with zero attached hydrogens (tertiary/aromatic N) is 2. The van der Waals surface area contributed by atoms with Gasteiger partial charge < -0.3 is 5.11 Å². The summed E-state index contributed by atoms with van der Waals surface area (Å²) in [5, 5.41) is 9.15. The highest BCUT2D eigenvalue weighted by molar-refractivity contribution is 7.94. The third-order valence-electron chi connectivity index (χ3n) is 2.25. The second-order valence-electron chi connectivity index (χ2n) is 3.73. The maximum absolute atomic E-state index is 12.1. The molecule has 0 spiro atoms. The smallest absolute Gasteiger partial charge is 0.356 e. The van der Waals surface area contributed by atoms with Crippen LogP contribution in [0.4, 0.5) is 5.69 Å². The van der Waals surface area contributed by atoms with Gasteiger partial charge in [0.05, 0.1) is 17.4 Å². The summed E-state index contributed by atoms with van der Waals surface area (Å²) in [4.78, 5) is 18.2. The zero-order chi connectivity index (χ0) is 14.9. The molecule has 0 amide bonds. The molecule has 106 valence electrons. The number of thiazole rings is 1. The number of aromatic carboxylic acids is 1. The Kier molecular flexibility index (Phi) is 3.93. The first-order chi connectivity index (χ1) is 9.31. The summed E-state index contributed by atoms with van der Waals surface area (Å²) in [5.74, 6) is -1.41. The lowest BCUT2D eigenvalue weighted by Gasteiger charge is -2.07. The first-order valence-electron chi connectivity index (χ1n) is 5.13. The molecule has 0 aliphatic carbocycles. The van der Waals surface area contributed by atoms with Crippen LogP contribution >= 0.6 is 22.9 Å². The number of pyridine rings is 1. The summed E-state index contributed by atoms with van der Waals surface area (Å²) in [6.07, 6.45) is 1.24. The maximum Gasteiger partial charge on any atom is 0.356 e. The number of rotatable bonds is 4. The maximum atomic E-state index is 12.1. The molecule has 0 saturated heterocycles. The van der Waals surface area contributed by atoms with Crippen molar-refractivity contribution in [1.82, 2.24) is 9.97 Å². The van der Waals surface area contributed by atoms with Crippen LogP contribution in [0.2, 0.25) is 5.15 Å². The molecule has 7 nitrogen and oxygen atoms in total. The third-order valence-corrected chi connectivity index (χ3v) is 5.39. The molecule has 0 aliphatic rings. The number of nitrogens with one attached hydrogen (secondary N) is 1. The van der Waals surface area contributed by atoms with Crippen LogP contribution in [0.15, 0.2) is 22.0 Å². The van der Waals surface area contributed by atoms with Gasteiger partial charge in [-0.2, -0.15) is 0 Å². The highest BCUT2D eigenvalue weighted by Crippen LogP contribution is 2.24. The van der Waals surface area contributed by atoms with Gasteiger partial charge in [-0.3, -0.25) is 4.72 Å². The summed E-state index contributed by atoms with van der Waals surface area (Å²) in [6.45, 7) is 1.67. The molecule has 0 unspecified atom stereocenters. The fourth-order valence-corrected chi connectivity index (χ4v) is 3.66. The summed E-state index contributed by atoms with van der Waals surface area (Å²) < 4.78 is 26.1. The lowest BCUT2D eigenvalue weighted by molar-refractivity contribution is 0.0687. The molecule has 20 heavy (non-hydrogen) atoms. The van der Waals surface area contributed by atoms with E-state index in [0.717, 1.165) is 16.8 Å². The molecule has 2 N–H and O–H groups in total. The van der Waals surface area contributed by atoms with E-state index in [4.69, 9.17) is 16.7 Å². The SMILES string of the molecule is Cc1cc(NS(=O)(=O)c2scnc2C(=O)O)cnc1Cl. The van der Waals surface area contributed by atoms with Crippen molar-refractivity contribution in [2.75, 3.05) is 4.72 Å². The fourth-order valence-electron chi connectivity index (χ4n) is 1.38. The van der Waals surface area contributed by atoms with Crippen LogP contribution in [0, 0.1) is 6.92 Å². The van der Waals surface area contributed by atoms with Gasteiger partial charge in [-0.25, -0.2) is 23.2 Å².